The number of hydrogen-bond donors (Lipinski definition) is 1. The number of carbonyl (C=O) groups is 1. The standard InChI is InChI=1S/C10H9F3O2/c1-10(13,9(11)12)7-4-2-6(3-5-7)8(14)15/h2-5,9H,1H3,(H,14,15). The summed E-state index contributed by atoms with van der Waals surface area (Å²) in [4.78, 5) is 10.5. The van der Waals surface area contributed by atoms with Gasteiger partial charge in [-0.15, -0.1) is 0 Å². The highest BCUT2D eigenvalue weighted by molar-refractivity contribution is 5.87. The van der Waals surface area contributed by atoms with Crippen molar-refractivity contribution in [1.29, 1.82) is 0 Å². The van der Waals surface area contributed by atoms with Crippen LogP contribution in [-0.4, -0.2) is 17.5 Å². The van der Waals surface area contributed by atoms with Crippen molar-refractivity contribution in [3.63, 3.8) is 0 Å². The summed E-state index contributed by atoms with van der Waals surface area (Å²) in [7, 11) is 0. The molecule has 0 amide bonds. The third-order valence-electron chi connectivity index (χ3n) is 2.11. The van der Waals surface area contributed by atoms with Crippen molar-refractivity contribution in [2.45, 2.75) is 19.0 Å². The molecule has 5 heteroatoms. The van der Waals surface area contributed by atoms with E-state index in [0.717, 1.165) is 31.2 Å². The summed E-state index contributed by atoms with van der Waals surface area (Å²) in [5.41, 5.74) is -3.05. The summed E-state index contributed by atoms with van der Waals surface area (Å²) >= 11 is 0. The van der Waals surface area contributed by atoms with E-state index in [1.807, 2.05) is 0 Å². The summed E-state index contributed by atoms with van der Waals surface area (Å²) in [5, 5.41) is 8.55. The zero-order valence-corrected chi connectivity index (χ0v) is 7.88. The van der Waals surface area contributed by atoms with Crippen LogP contribution < -0.4 is 0 Å². The molecular weight excluding hydrogens is 209 g/mol. The summed E-state index contributed by atoms with van der Waals surface area (Å²) in [6, 6.07) is 4.29. The molecule has 0 bridgehead atoms. The molecule has 1 N–H and O–H groups in total. The Morgan fingerprint density at radius 1 is 1.33 bits per heavy atom. The molecule has 0 spiro atoms. The molecule has 0 heterocycles. The van der Waals surface area contributed by atoms with Crippen molar-refractivity contribution in [2.24, 2.45) is 0 Å². The summed E-state index contributed by atoms with van der Waals surface area (Å²) in [6.45, 7) is 0.757. The van der Waals surface area contributed by atoms with Gasteiger partial charge in [-0.05, 0) is 24.6 Å². The molecule has 0 saturated heterocycles. The fourth-order valence-electron chi connectivity index (χ4n) is 1.06. The Balaban J connectivity index is 3.04. The molecule has 1 rings (SSSR count). The van der Waals surface area contributed by atoms with Gasteiger partial charge in [0, 0.05) is 0 Å². The highest BCUT2D eigenvalue weighted by atomic mass is 19.3. The Labute approximate surface area is 84.3 Å². The van der Waals surface area contributed by atoms with E-state index in [0.29, 0.717) is 0 Å². The smallest absolute Gasteiger partial charge is 0.335 e. The van der Waals surface area contributed by atoms with Crippen molar-refractivity contribution < 1.29 is 23.1 Å². The number of benzene rings is 1. The lowest BCUT2D eigenvalue weighted by Gasteiger charge is -2.19. The fraction of sp³-hybridized carbons (Fsp3) is 0.300. The Kier molecular flexibility index (Phi) is 3.02. The lowest BCUT2D eigenvalue weighted by atomic mass is 9.97. The van der Waals surface area contributed by atoms with Crippen LogP contribution in [0, 0.1) is 0 Å². The molecule has 1 atom stereocenters. The van der Waals surface area contributed by atoms with Gasteiger partial charge in [-0.25, -0.2) is 18.0 Å². The zero-order valence-electron chi connectivity index (χ0n) is 7.88. The molecule has 0 aliphatic rings. The van der Waals surface area contributed by atoms with Gasteiger partial charge in [0.25, 0.3) is 6.43 Å². The predicted molar refractivity (Wildman–Crippen MR) is 47.9 cm³/mol. The normalized spacial score (nSPS) is 15.0. The monoisotopic (exact) mass is 218 g/mol. The highest BCUT2D eigenvalue weighted by Gasteiger charge is 2.36. The molecule has 82 valence electrons. The first-order valence-corrected chi connectivity index (χ1v) is 4.16. The molecule has 1 unspecified atom stereocenters. The van der Waals surface area contributed by atoms with Crippen LogP contribution in [0.3, 0.4) is 0 Å². The van der Waals surface area contributed by atoms with Crippen LogP contribution in [0.5, 0.6) is 0 Å². The molecule has 0 fully saturated rings. The molecule has 0 aliphatic carbocycles. The number of alkyl halides is 3. The number of halogens is 3. The van der Waals surface area contributed by atoms with E-state index < -0.39 is 18.1 Å². The fourth-order valence-corrected chi connectivity index (χ4v) is 1.06. The van der Waals surface area contributed by atoms with E-state index in [-0.39, 0.29) is 11.1 Å². The quantitative estimate of drug-likeness (QED) is 0.846. The largest absolute Gasteiger partial charge is 0.478 e. The van der Waals surface area contributed by atoms with Crippen LogP contribution in [-0.2, 0) is 5.67 Å². The van der Waals surface area contributed by atoms with Crippen LogP contribution >= 0.6 is 0 Å². The van der Waals surface area contributed by atoms with E-state index in [1.165, 1.54) is 0 Å². The molecule has 1 aromatic carbocycles. The second kappa shape index (κ2) is 3.92. The summed E-state index contributed by atoms with van der Waals surface area (Å²) in [6.07, 6.45) is -3.15. The number of rotatable bonds is 3. The maximum atomic E-state index is 13.4. The molecule has 2 nitrogen and oxygen atoms in total. The number of carboxylic acids is 1. The number of aromatic carboxylic acids is 1. The number of hydrogen-bond acceptors (Lipinski definition) is 1. The Morgan fingerprint density at radius 2 is 1.80 bits per heavy atom. The summed E-state index contributed by atoms with van der Waals surface area (Å²) < 4.78 is 37.9. The Hall–Kier alpha value is -1.52. The molecule has 1 aromatic rings. The summed E-state index contributed by atoms with van der Waals surface area (Å²) in [5.74, 6) is -1.18. The van der Waals surface area contributed by atoms with E-state index in [9.17, 15) is 18.0 Å². The predicted octanol–water partition coefficient (Wildman–Crippen LogP) is 2.83. The molecule has 15 heavy (non-hydrogen) atoms. The van der Waals surface area contributed by atoms with Gasteiger partial charge in [0.05, 0.1) is 5.56 Å². The first-order chi connectivity index (χ1) is 6.85. The van der Waals surface area contributed by atoms with Crippen molar-refractivity contribution in [3.05, 3.63) is 35.4 Å². The average Bonchev–Trinajstić information content (AvgIpc) is 2.17. The van der Waals surface area contributed by atoms with Crippen LogP contribution in [0.1, 0.15) is 22.8 Å². The third kappa shape index (κ3) is 2.29. The van der Waals surface area contributed by atoms with Crippen LogP contribution in [0.2, 0.25) is 0 Å². The van der Waals surface area contributed by atoms with E-state index in [4.69, 9.17) is 5.11 Å². The van der Waals surface area contributed by atoms with Gasteiger partial charge >= 0.3 is 5.97 Å². The van der Waals surface area contributed by atoms with Crippen molar-refractivity contribution >= 4 is 5.97 Å². The third-order valence-corrected chi connectivity index (χ3v) is 2.11. The lowest BCUT2D eigenvalue weighted by molar-refractivity contribution is -0.0258. The van der Waals surface area contributed by atoms with E-state index in [2.05, 4.69) is 0 Å². The molecule has 0 aliphatic heterocycles. The van der Waals surface area contributed by atoms with Gasteiger partial charge < -0.3 is 5.11 Å². The lowest BCUT2D eigenvalue weighted by Crippen LogP contribution is -2.25. The molecule has 0 aromatic heterocycles. The molecule has 0 radical (unpaired) electrons. The minimum Gasteiger partial charge on any atom is -0.478 e. The van der Waals surface area contributed by atoms with E-state index >= 15 is 0 Å². The van der Waals surface area contributed by atoms with Crippen molar-refractivity contribution in [1.82, 2.24) is 0 Å². The number of carboxylic acid groups (broad SMARTS) is 1. The van der Waals surface area contributed by atoms with Gasteiger partial charge in [0.1, 0.15) is 0 Å². The van der Waals surface area contributed by atoms with Crippen molar-refractivity contribution in [2.75, 3.05) is 0 Å². The minimum absolute atomic E-state index is 0.0659. The Morgan fingerprint density at radius 3 is 2.13 bits per heavy atom. The Bertz CT molecular complexity index is 357. The average molecular weight is 218 g/mol. The van der Waals surface area contributed by atoms with Gasteiger partial charge in [-0.2, -0.15) is 0 Å². The maximum absolute atomic E-state index is 13.4. The van der Waals surface area contributed by atoms with Crippen LogP contribution in [0.4, 0.5) is 13.2 Å². The first kappa shape index (κ1) is 11.6. The second-order valence-electron chi connectivity index (χ2n) is 3.26. The molecule has 0 saturated carbocycles. The van der Waals surface area contributed by atoms with Gasteiger partial charge in [-0.3, -0.25) is 0 Å². The second-order valence-corrected chi connectivity index (χ2v) is 3.26. The maximum Gasteiger partial charge on any atom is 0.335 e. The zero-order chi connectivity index (χ0) is 11.6. The molecular formula is C10H9F3O2. The van der Waals surface area contributed by atoms with Crippen LogP contribution in [0.25, 0.3) is 0 Å². The minimum atomic E-state index is -3.15. The van der Waals surface area contributed by atoms with Gasteiger partial charge in [0.2, 0.25) is 0 Å². The van der Waals surface area contributed by atoms with Crippen LogP contribution in [0.15, 0.2) is 24.3 Å². The topological polar surface area (TPSA) is 37.3 Å². The van der Waals surface area contributed by atoms with Gasteiger partial charge in [0.15, 0.2) is 5.67 Å². The first-order valence-electron chi connectivity index (χ1n) is 4.16. The highest BCUT2D eigenvalue weighted by Crippen LogP contribution is 2.32. The van der Waals surface area contributed by atoms with E-state index in [1.54, 1.807) is 0 Å². The van der Waals surface area contributed by atoms with Crippen molar-refractivity contribution in [3.8, 4) is 0 Å². The SMILES string of the molecule is CC(F)(c1ccc(C(=O)O)cc1)C(F)F. The van der Waals surface area contributed by atoms with Gasteiger partial charge in [-0.1, -0.05) is 12.1 Å².